The zero-order valence-corrected chi connectivity index (χ0v) is 13.3. The average molecular weight is 307 g/mol. The number of carbonyl (C=O) groups excluding carboxylic acids is 1. The van der Waals surface area contributed by atoms with Gasteiger partial charge in [-0.15, -0.1) is 0 Å². The zero-order chi connectivity index (χ0) is 15.4. The molecular weight excluding hydrogens is 282 g/mol. The highest BCUT2D eigenvalue weighted by atomic mass is 16.5. The summed E-state index contributed by atoms with van der Waals surface area (Å²) in [6.45, 7) is 3.65. The second-order valence-corrected chi connectivity index (χ2v) is 6.27. The molecule has 2 saturated heterocycles. The number of nitrogens with zero attached hydrogens (tertiary/aromatic N) is 3. The van der Waals surface area contributed by atoms with Gasteiger partial charge in [0.15, 0.2) is 0 Å². The van der Waals surface area contributed by atoms with Crippen LogP contribution in [0.25, 0.3) is 0 Å². The molecule has 1 spiro atoms. The Morgan fingerprint density at radius 2 is 2.32 bits per heavy atom. The lowest BCUT2D eigenvalue weighted by Gasteiger charge is -2.26. The minimum absolute atomic E-state index is 0.0410. The molecular formula is C16H25N3O3. The van der Waals surface area contributed by atoms with Crippen LogP contribution in [0.1, 0.15) is 37.8 Å². The number of hydrogen-bond donors (Lipinski definition) is 0. The van der Waals surface area contributed by atoms with E-state index in [1.807, 2.05) is 11.1 Å². The molecule has 1 aromatic rings. The van der Waals surface area contributed by atoms with E-state index in [-0.39, 0.29) is 11.5 Å². The van der Waals surface area contributed by atoms with Crippen LogP contribution in [0.5, 0.6) is 0 Å². The van der Waals surface area contributed by atoms with E-state index in [2.05, 4.69) is 9.55 Å². The SMILES string of the molecule is COCCn1cncc1CN1CC[C@@]2(CCCO2)CCC1=O. The van der Waals surface area contributed by atoms with Gasteiger partial charge in [-0.05, 0) is 25.7 Å². The molecule has 122 valence electrons. The van der Waals surface area contributed by atoms with E-state index in [9.17, 15) is 4.79 Å². The molecule has 1 atom stereocenters. The average Bonchev–Trinajstić information content (AvgIpc) is 3.13. The second-order valence-electron chi connectivity index (χ2n) is 6.27. The van der Waals surface area contributed by atoms with Crippen molar-refractivity contribution in [3.05, 3.63) is 18.2 Å². The van der Waals surface area contributed by atoms with Gasteiger partial charge >= 0.3 is 0 Å². The molecule has 2 aliphatic rings. The minimum Gasteiger partial charge on any atom is -0.383 e. The summed E-state index contributed by atoms with van der Waals surface area (Å²) in [4.78, 5) is 18.6. The Morgan fingerprint density at radius 1 is 1.41 bits per heavy atom. The molecule has 0 unspecified atom stereocenters. The van der Waals surface area contributed by atoms with Crippen LogP contribution >= 0.6 is 0 Å². The van der Waals surface area contributed by atoms with Crippen molar-refractivity contribution in [3.8, 4) is 0 Å². The lowest BCUT2D eigenvalue weighted by molar-refractivity contribution is -0.131. The maximum absolute atomic E-state index is 12.4. The Balaban J connectivity index is 1.64. The molecule has 3 heterocycles. The van der Waals surface area contributed by atoms with Crippen molar-refractivity contribution in [3.63, 3.8) is 0 Å². The number of ether oxygens (including phenoxy) is 2. The van der Waals surface area contributed by atoms with Gasteiger partial charge in [0.1, 0.15) is 0 Å². The first-order valence-electron chi connectivity index (χ1n) is 8.12. The van der Waals surface area contributed by atoms with Gasteiger partial charge < -0.3 is 18.9 Å². The van der Waals surface area contributed by atoms with Crippen LogP contribution in [-0.4, -0.2) is 52.8 Å². The fourth-order valence-electron chi connectivity index (χ4n) is 3.46. The molecule has 1 aromatic heterocycles. The quantitative estimate of drug-likeness (QED) is 0.829. The molecule has 6 nitrogen and oxygen atoms in total. The Morgan fingerprint density at radius 3 is 3.09 bits per heavy atom. The molecule has 0 N–H and O–H groups in total. The molecule has 0 aromatic carbocycles. The van der Waals surface area contributed by atoms with Crippen LogP contribution in [-0.2, 0) is 27.4 Å². The molecule has 0 radical (unpaired) electrons. The fraction of sp³-hybridized carbons (Fsp3) is 0.750. The van der Waals surface area contributed by atoms with Crippen molar-refractivity contribution in [1.29, 1.82) is 0 Å². The fourth-order valence-corrected chi connectivity index (χ4v) is 3.46. The van der Waals surface area contributed by atoms with Gasteiger partial charge in [-0.3, -0.25) is 4.79 Å². The number of hydrogen-bond acceptors (Lipinski definition) is 4. The predicted molar refractivity (Wildman–Crippen MR) is 81.3 cm³/mol. The maximum atomic E-state index is 12.4. The summed E-state index contributed by atoms with van der Waals surface area (Å²) < 4.78 is 13.1. The van der Waals surface area contributed by atoms with Crippen molar-refractivity contribution < 1.29 is 14.3 Å². The first kappa shape index (κ1) is 15.5. The van der Waals surface area contributed by atoms with Crippen molar-refractivity contribution in [2.45, 2.75) is 50.8 Å². The van der Waals surface area contributed by atoms with Gasteiger partial charge in [0.2, 0.25) is 5.91 Å². The number of carbonyl (C=O) groups is 1. The number of rotatable bonds is 5. The topological polar surface area (TPSA) is 56.6 Å². The van der Waals surface area contributed by atoms with Crippen LogP contribution in [0.4, 0.5) is 0 Å². The van der Waals surface area contributed by atoms with Gasteiger partial charge in [-0.2, -0.15) is 0 Å². The molecule has 2 aliphatic heterocycles. The highest BCUT2D eigenvalue weighted by Gasteiger charge is 2.38. The summed E-state index contributed by atoms with van der Waals surface area (Å²) in [5.41, 5.74) is 1.02. The summed E-state index contributed by atoms with van der Waals surface area (Å²) in [6, 6.07) is 0. The summed E-state index contributed by atoms with van der Waals surface area (Å²) in [5, 5.41) is 0. The molecule has 1 amide bonds. The molecule has 0 aliphatic carbocycles. The third-order valence-corrected chi connectivity index (χ3v) is 4.86. The number of likely N-dealkylation sites (tertiary alicyclic amines) is 1. The van der Waals surface area contributed by atoms with Crippen LogP contribution in [0.15, 0.2) is 12.5 Å². The van der Waals surface area contributed by atoms with Crippen LogP contribution in [0.2, 0.25) is 0 Å². The molecule has 0 saturated carbocycles. The molecule has 2 fully saturated rings. The van der Waals surface area contributed by atoms with Crippen molar-refractivity contribution in [1.82, 2.24) is 14.5 Å². The van der Waals surface area contributed by atoms with Gasteiger partial charge in [-0.1, -0.05) is 0 Å². The summed E-state index contributed by atoms with van der Waals surface area (Å²) in [6.07, 6.45) is 8.27. The third kappa shape index (κ3) is 3.33. The van der Waals surface area contributed by atoms with Crippen molar-refractivity contribution >= 4 is 5.91 Å². The Kier molecular flexibility index (Phi) is 4.78. The normalized spacial score (nSPS) is 25.9. The maximum Gasteiger partial charge on any atom is 0.223 e. The van der Waals surface area contributed by atoms with Crippen LogP contribution in [0.3, 0.4) is 0 Å². The van der Waals surface area contributed by atoms with Gasteiger partial charge in [0, 0.05) is 39.4 Å². The number of imidazole rings is 1. The highest BCUT2D eigenvalue weighted by Crippen LogP contribution is 2.36. The predicted octanol–water partition coefficient (Wildman–Crippen LogP) is 1.59. The first-order chi connectivity index (χ1) is 10.7. The van der Waals surface area contributed by atoms with Gasteiger partial charge in [0.25, 0.3) is 0 Å². The zero-order valence-electron chi connectivity index (χ0n) is 13.3. The van der Waals surface area contributed by atoms with E-state index in [4.69, 9.17) is 9.47 Å². The standard InChI is InChI=1S/C16H25N3O3/c1-21-10-8-19-13-17-11-14(19)12-18-7-6-16(4-2-9-22-16)5-3-15(18)20/h11,13H,2-10,12H2,1H3/t16-/m1/s1. The van der Waals surface area contributed by atoms with E-state index >= 15 is 0 Å². The van der Waals surface area contributed by atoms with Gasteiger partial charge in [-0.25, -0.2) is 4.98 Å². The van der Waals surface area contributed by atoms with Crippen LogP contribution in [0, 0.1) is 0 Å². The lowest BCUT2D eigenvalue weighted by atomic mass is 9.92. The van der Waals surface area contributed by atoms with Crippen molar-refractivity contribution in [2.75, 3.05) is 26.9 Å². The number of amides is 1. The Hall–Kier alpha value is -1.40. The molecule has 22 heavy (non-hydrogen) atoms. The largest absolute Gasteiger partial charge is 0.383 e. The van der Waals surface area contributed by atoms with E-state index in [0.717, 1.165) is 51.1 Å². The Bertz CT molecular complexity index is 508. The van der Waals surface area contributed by atoms with E-state index < -0.39 is 0 Å². The number of aromatic nitrogens is 2. The Labute approximate surface area is 131 Å². The molecule has 3 rings (SSSR count). The van der Waals surface area contributed by atoms with E-state index in [1.54, 1.807) is 13.4 Å². The minimum atomic E-state index is -0.0410. The highest BCUT2D eigenvalue weighted by molar-refractivity contribution is 5.76. The summed E-state index contributed by atoms with van der Waals surface area (Å²) in [5.74, 6) is 0.229. The smallest absolute Gasteiger partial charge is 0.223 e. The third-order valence-electron chi connectivity index (χ3n) is 4.86. The lowest BCUT2D eigenvalue weighted by Crippen LogP contribution is -2.32. The van der Waals surface area contributed by atoms with Crippen LogP contribution < -0.4 is 0 Å². The second kappa shape index (κ2) is 6.79. The first-order valence-corrected chi connectivity index (χ1v) is 8.12. The summed E-state index contributed by atoms with van der Waals surface area (Å²) in [7, 11) is 1.69. The number of methoxy groups -OCH3 is 1. The van der Waals surface area contributed by atoms with E-state index in [0.29, 0.717) is 19.6 Å². The molecule has 6 heteroatoms. The summed E-state index contributed by atoms with van der Waals surface area (Å²) >= 11 is 0. The monoisotopic (exact) mass is 307 g/mol. The molecule has 0 bridgehead atoms. The van der Waals surface area contributed by atoms with Crippen molar-refractivity contribution in [2.24, 2.45) is 0 Å². The van der Waals surface area contributed by atoms with Gasteiger partial charge in [0.05, 0.1) is 30.8 Å². The van der Waals surface area contributed by atoms with E-state index in [1.165, 1.54) is 0 Å².